The zero-order valence-corrected chi connectivity index (χ0v) is 16.0. The fourth-order valence-corrected chi connectivity index (χ4v) is 3.25. The van der Waals surface area contributed by atoms with Crippen LogP contribution in [0.25, 0.3) is 0 Å². The number of aliphatic imine (C=N–C) groups is 1. The number of benzene rings is 1. The van der Waals surface area contributed by atoms with Crippen LogP contribution in [0.1, 0.15) is 31.7 Å². The summed E-state index contributed by atoms with van der Waals surface area (Å²) in [4.78, 5) is 40.3. The first-order valence-corrected chi connectivity index (χ1v) is 8.77. The first-order chi connectivity index (χ1) is 13.3. The number of nitro groups is 1. The number of esters is 2. The lowest BCUT2D eigenvalue weighted by Crippen LogP contribution is -2.36. The van der Waals surface area contributed by atoms with Crippen LogP contribution in [0.4, 0.5) is 5.69 Å². The predicted molar refractivity (Wildman–Crippen MR) is 102 cm³/mol. The third kappa shape index (κ3) is 4.42. The molecule has 2 N–H and O–H groups in total. The van der Waals surface area contributed by atoms with Crippen molar-refractivity contribution in [3.8, 4) is 0 Å². The highest BCUT2D eigenvalue weighted by atomic mass is 16.6. The monoisotopic (exact) mass is 389 g/mol. The van der Waals surface area contributed by atoms with Crippen LogP contribution < -0.4 is 5.73 Å². The number of methoxy groups -OCH3 is 1. The summed E-state index contributed by atoms with van der Waals surface area (Å²) in [5.74, 6) is -2.92. The molecule has 1 aliphatic heterocycles. The Bertz CT molecular complexity index is 846. The Morgan fingerprint density at radius 1 is 1.32 bits per heavy atom. The number of allylic oxidation sites excluding steroid dienone is 1. The van der Waals surface area contributed by atoms with E-state index in [4.69, 9.17) is 15.2 Å². The van der Waals surface area contributed by atoms with E-state index in [1.54, 1.807) is 19.9 Å². The first kappa shape index (κ1) is 21.2. The Labute approximate surface area is 162 Å². The van der Waals surface area contributed by atoms with Crippen LogP contribution in [0, 0.1) is 16.0 Å². The Balaban J connectivity index is 2.59. The average molecular weight is 389 g/mol. The Kier molecular flexibility index (Phi) is 7.00. The fraction of sp³-hybridized carbons (Fsp3) is 0.421. The van der Waals surface area contributed by atoms with Gasteiger partial charge in [-0.15, -0.1) is 0 Å². The second kappa shape index (κ2) is 9.23. The summed E-state index contributed by atoms with van der Waals surface area (Å²) in [6.07, 6.45) is 0.488. The molecule has 0 saturated carbocycles. The van der Waals surface area contributed by atoms with Crippen LogP contribution in [-0.2, 0) is 19.1 Å². The Hall–Kier alpha value is -3.07. The summed E-state index contributed by atoms with van der Waals surface area (Å²) in [6, 6.07) is 5.83. The molecule has 2 rings (SSSR count). The average Bonchev–Trinajstić information content (AvgIpc) is 2.67. The summed E-state index contributed by atoms with van der Waals surface area (Å²) < 4.78 is 10.2. The zero-order chi connectivity index (χ0) is 20.8. The minimum Gasteiger partial charge on any atom is -0.468 e. The van der Waals surface area contributed by atoms with Crippen molar-refractivity contribution in [2.75, 3.05) is 20.3 Å². The van der Waals surface area contributed by atoms with Gasteiger partial charge in [-0.05, 0) is 32.4 Å². The van der Waals surface area contributed by atoms with Gasteiger partial charge in [-0.3, -0.25) is 19.9 Å². The standard InChI is InChI=1S/C19H23N3O6/c1-11-15(18(23)27-3)17(13-6-4-7-14(10-13)22(25)26)16(12(2)21-11)19(24)28-9-5-8-20/h4,6-7,10,15,17H,5,8-9,20H2,1-3H3. The van der Waals surface area contributed by atoms with Gasteiger partial charge < -0.3 is 15.2 Å². The molecule has 9 nitrogen and oxygen atoms in total. The van der Waals surface area contributed by atoms with Crippen molar-refractivity contribution in [1.82, 2.24) is 0 Å². The minimum absolute atomic E-state index is 0.124. The summed E-state index contributed by atoms with van der Waals surface area (Å²) in [6.45, 7) is 3.79. The van der Waals surface area contributed by atoms with E-state index in [2.05, 4.69) is 4.99 Å². The molecule has 0 aliphatic carbocycles. The molecule has 1 aromatic rings. The number of ether oxygens (including phenoxy) is 2. The van der Waals surface area contributed by atoms with Gasteiger partial charge in [-0.1, -0.05) is 12.1 Å². The topological polar surface area (TPSA) is 134 Å². The molecule has 9 heteroatoms. The maximum Gasteiger partial charge on any atom is 0.336 e. The van der Waals surface area contributed by atoms with Gasteiger partial charge in [0.2, 0.25) is 0 Å². The summed E-state index contributed by atoms with van der Waals surface area (Å²) >= 11 is 0. The van der Waals surface area contributed by atoms with Crippen LogP contribution in [-0.4, -0.2) is 42.8 Å². The van der Waals surface area contributed by atoms with Crippen molar-refractivity contribution in [2.45, 2.75) is 26.2 Å². The van der Waals surface area contributed by atoms with Gasteiger partial charge >= 0.3 is 11.9 Å². The van der Waals surface area contributed by atoms with E-state index in [0.717, 1.165) is 0 Å². The van der Waals surface area contributed by atoms with E-state index in [-0.39, 0.29) is 17.9 Å². The molecule has 0 bridgehead atoms. The number of non-ortho nitro benzene ring substituents is 1. The number of rotatable bonds is 7. The highest BCUT2D eigenvalue weighted by Gasteiger charge is 2.42. The molecule has 1 aliphatic rings. The number of nitro benzene ring substituents is 1. The molecule has 150 valence electrons. The molecule has 0 aromatic heterocycles. The van der Waals surface area contributed by atoms with E-state index in [0.29, 0.717) is 29.9 Å². The molecule has 0 amide bonds. The number of nitrogens with two attached hydrogens (primary N) is 1. The largest absolute Gasteiger partial charge is 0.468 e. The second-order valence-corrected chi connectivity index (χ2v) is 6.36. The molecule has 0 saturated heterocycles. The molecule has 2 atom stereocenters. The van der Waals surface area contributed by atoms with Crippen molar-refractivity contribution in [3.63, 3.8) is 0 Å². The maximum atomic E-state index is 12.8. The summed E-state index contributed by atoms with van der Waals surface area (Å²) in [5.41, 5.74) is 6.75. The first-order valence-electron chi connectivity index (χ1n) is 8.77. The van der Waals surface area contributed by atoms with Gasteiger partial charge in [0, 0.05) is 29.5 Å². The number of carbonyl (C=O) groups is 2. The van der Waals surface area contributed by atoms with Crippen molar-refractivity contribution >= 4 is 23.3 Å². The number of carbonyl (C=O) groups excluding carboxylic acids is 2. The maximum absolute atomic E-state index is 12.8. The summed E-state index contributed by atoms with van der Waals surface area (Å²) in [7, 11) is 1.24. The third-order valence-electron chi connectivity index (χ3n) is 4.53. The molecule has 0 radical (unpaired) electrons. The zero-order valence-electron chi connectivity index (χ0n) is 16.0. The van der Waals surface area contributed by atoms with Crippen LogP contribution in [0.2, 0.25) is 0 Å². The lowest BCUT2D eigenvalue weighted by atomic mass is 9.75. The van der Waals surface area contributed by atoms with Crippen LogP contribution in [0.3, 0.4) is 0 Å². The van der Waals surface area contributed by atoms with Gasteiger partial charge in [0.1, 0.15) is 5.92 Å². The number of hydrogen-bond acceptors (Lipinski definition) is 8. The second-order valence-electron chi connectivity index (χ2n) is 6.36. The van der Waals surface area contributed by atoms with Crippen LogP contribution in [0.5, 0.6) is 0 Å². The van der Waals surface area contributed by atoms with Crippen molar-refractivity contribution < 1.29 is 24.0 Å². The molecular formula is C19H23N3O6. The van der Waals surface area contributed by atoms with Gasteiger partial charge in [0.15, 0.2) is 0 Å². The quantitative estimate of drug-likeness (QED) is 0.326. The predicted octanol–water partition coefficient (Wildman–Crippen LogP) is 2.11. The van der Waals surface area contributed by atoms with E-state index < -0.39 is 28.7 Å². The normalized spacial score (nSPS) is 19.1. The fourth-order valence-electron chi connectivity index (χ4n) is 3.25. The van der Waals surface area contributed by atoms with E-state index in [9.17, 15) is 19.7 Å². The molecular weight excluding hydrogens is 366 g/mol. The van der Waals surface area contributed by atoms with Crippen molar-refractivity contribution in [1.29, 1.82) is 0 Å². The van der Waals surface area contributed by atoms with Gasteiger partial charge in [-0.25, -0.2) is 4.79 Å². The Morgan fingerprint density at radius 3 is 2.64 bits per heavy atom. The van der Waals surface area contributed by atoms with E-state index in [1.807, 2.05) is 0 Å². The highest BCUT2D eigenvalue weighted by Crippen LogP contribution is 2.40. The molecule has 1 heterocycles. The van der Waals surface area contributed by atoms with Gasteiger partial charge in [-0.2, -0.15) is 0 Å². The van der Waals surface area contributed by atoms with E-state index in [1.165, 1.54) is 25.3 Å². The smallest absolute Gasteiger partial charge is 0.336 e. The van der Waals surface area contributed by atoms with Gasteiger partial charge in [0.05, 0.1) is 24.2 Å². The van der Waals surface area contributed by atoms with Crippen LogP contribution >= 0.6 is 0 Å². The lowest BCUT2D eigenvalue weighted by Gasteiger charge is -2.31. The SMILES string of the molecule is COC(=O)C1C(C)=NC(C)=C(C(=O)OCCCN)C1c1cccc([N+](=O)[O-])c1. The summed E-state index contributed by atoms with van der Waals surface area (Å²) in [5, 5.41) is 11.2. The van der Waals surface area contributed by atoms with E-state index >= 15 is 0 Å². The van der Waals surface area contributed by atoms with Crippen molar-refractivity contribution in [3.05, 3.63) is 51.2 Å². The minimum atomic E-state index is -0.896. The van der Waals surface area contributed by atoms with Crippen LogP contribution in [0.15, 0.2) is 40.5 Å². The number of nitrogens with zero attached hydrogens (tertiary/aromatic N) is 2. The lowest BCUT2D eigenvalue weighted by molar-refractivity contribution is -0.384. The Morgan fingerprint density at radius 2 is 2.04 bits per heavy atom. The molecule has 1 aromatic carbocycles. The third-order valence-corrected chi connectivity index (χ3v) is 4.53. The van der Waals surface area contributed by atoms with Crippen molar-refractivity contribution in [2.24, 2.45) is 16.6 Å². The molecule has 0 spiro atoms. The molecule has 28 heavy (non-hydrogen) atoms. The molecule has 2 unspecified atom stereocenters. The molecule has 0 fully saturated rings. The number of hydrogen-bond donors (Lipinski definition) is 1. The highest BCUT2D eigenvalue weighted by molar-refractivity contribution is 6.07. The van der Waals surface area contributed by atoms with Gasteiger partial charge in [0.25, 0.3) is 5.69 Å².